The summed E-state index contributed by atoms with van der Waals surface area (Å²) in [4.78, 5) is 52.3. The molecule has 0 bridgehead atoms. The van der Waals surface area contributed by atoms with Crippen LogP contribution in [0.5, 0.6) is 0 Å². The maximum Gasteiger partial charge on any atom is 0.328 e. The van der Waals surface area contributed by atoms with Crippen molar-refractivity contribution in [1.82, 2.24) is 24.8 Å². The quantitative estimate of drug-likeness (QED) is 0.210. The average molecular weight is 455 g/mol. The van der Waals surface area contributed by atoms with Crippen molar-refractivity contribution < 1.29 is 29.4 Å². The fourth-order valence-corrected chi connectivity index (χ4v) is 2.79. The number of amides is 2. The normalized spacial score (nSPS) is 11.8. The molecule has 2 heterocycles. The Kier molecular flexibility index (Phi) is 7.49. The highest BCUT2D eigenvalue weighted by Crippen LogP contribution is 2.25. The first-order valence-electron chi connectivity index (χ1n) is 9.59. The smallest absolute Gasteiger partial charge is 0.328 e. The van der Waals surface area contributed by atoms with Crippen molar-refractivity contribution in [2.24, 2.45) is 5.16 Å². The maximum atomic E-state index is 12.8. The Balaban J connectivity index is 1.91. The number of H-pyrrole nitrogens is 1. The van der Waals surface area contributed by atoms with Gasteiger partial charge in [0, 0.05) is 5.56 Å². The van der Waals surface area contributed by atoms with Gasteiger partial charge in [-0.2, -0.15) is 0 Å². The van der Waals surface area contributed by atoms with Gasteiger partial charge in [0.15, 0.2) is 5.82 Å². The highest BCUT2D eigenvalue weighted by molar-refractivity contribution is 6.05. The van der Waals surface area contributed by atoms with E-state index in [0.717, 1.165) is 0 Å². The highest BCUT2D eigenvalue weighted by Gasteiger charge is 2.23. The minimum Gasteiger partial charge on any atom is -0.480 e. The van der Waals surface area contributed by atoms with Crippen molar-refractivity contribution in [1.29, 1.82) is 0 Å². The van der Waals surface area contributed by atoms with Crippen LogP contribution in [0.25, 0.3) is 11.5 Å². The molecule has 172 valence electrons. The number of hydrogen-bond donors (Lipinski definition) is 5. The number of carbonyl (C=O) groups excluding carboxylic acids is 2. The van der Waals surface area contributed by atoms with Gasteiger partial charge in [0.25, 0.3) is 5.91 Å². The Morgan fingerprint density at radius 2 is 2.03 bits per heavy atom. The molecule has 3 aromatic rings. The van der Waals surface area contributed by atoms with Gasteiger partial charge in [-0.25, -0.2) is 14.8 Å². The fourth-order valence-electron chi connectivity index (χ4n) is 2.79. The summed E-state index contributed by atoms with van der Waals surface area (Å²) in [5, 5.41) is 26.7. The number of carboxylic acids is 1. The number of aliphatic carboxylic acids is 1. The van der Waals surface area contributed by atoms with Crippen molar-refractivity contribution in [3.8, 4) is 11.5 Å². The number of oxime groups is 1. The van der Waals surface area contributed by atoms with Gasteiger partial charge in [-0.05, 0) is 12.1 Å². The van der Waals surface area contributed by atoms with Crippen molar-refractivity contribution in [3.05, 3.63) is 54.1 Å². The number of hydrogen-bond acceptors (Lipinski definition) is 8. The second kappa shape index (κ2) is 10.7. The zero-order chi connectivity index (χ0) is 23.8. The van der Waals surface area contributed by atoms with Crippen LogP contribution < -0.4 is 10.6 Å². The Bertz CT molecular complexity index is 1150. The van der Waals surface area contributed by atoms with Crippen molar-refractivity contribution in [2.75, 3.05) is 19.0 Å². The Morgan fingerprint density at radius 1 is 1.27 bits per heavy atom. The molecule has 13 nitrogen and oxygen atoms in total. The number of carbonyl (C=O) groups is 3. The summed E-state index contributed by atoms with van der Waals surface area (Å²) in [6, 6.07) is 6.95. The number of aromatic amines is 1. The number of imidazole rings is 2. The van der Waals surface area contributed by atoms with Crippen LogP contribution in [0.15, 0.2) is 48.0 Å². The van der Waals surface area contributed by atoms with Crippen LogP contribution in [0, 0.1) is 0 Å². The van der Waals surface area contributed by atoms with E-state index in [9.17, 15) is 14.4 Å². The van der Waals surface area contributed by atoms with E-state index < -0.39 is 30.4 Å². The first-order chi connectivity index (χ1) is 15.9. The third-order valence-electron chi connectivity index (χ3n) is 4.35. The first-order valence-corrected chi connectivity index (χ1v) is 9.59. The minimum absolute atomic E-state index is 0.152. The lowest BCUT2D eigenvalue weighted by atomic mass is 10.2. The van der Waals surface area contributed by atoms with Gasteiger partial charge >= 0.3 is 5.97 Å². The minimum atomic E-state index is -1.46. The largest absolute Gasteiger partial charge is 0.480 e. The van der Waals surface area contributed by atoms with E-state index in [4.69, 9.17) is 10.2 Å². The molecule has 0 spiro atoms. The van der Waals surface area contributed by atoms with Crippen molar-refractivity contribution >= 4 is 29.8 Å². The third kappa shape index (κ3) is 5.80. The lowest BCUT2D eigenvalue weighted by molar-refractivity contribution is -0.143. The lowest BCUT2D eigenvalue weighted by Crippen LogP contribution is -2.44. The van der Waals surface area contributed by atoms with E-state index in [2.05, 4.69) is 35.6 Å². The number of rotatable bonds is 10. The monoisotopic (exact) mass is 455 g/mol. The summed E-state index contributed by atoms with van der Waals surface area (Å²) in [5.74, 6) is -2.10. The number of nitrogens with zero attached hydrogens (tertiary/aromatic N) is 4. The SMILES string of the molecule is CO/N=C\c1cnc(-c2ncn(CC(=O)N[C@@H](CO)C(=O)O)c2NC(=O)c2ccccc2)[nH]1. The molecule has 0 fully saturated rings. The molecule has 1 atom stereocenters. The Labute approximate surface area is 187 Å². The van der Waals surface area contributed by atoms with Crippen LogP contribution in [0.1, 0.15) is 16.1 Å². The number of nitrogens with one attached hydrogen (secondary N) is 3. The number of carboxylic acid groups (broad SMARTS) is 1. The van der Waals surface area contributed by atoms with Gasteiger partial charge < -0.3 is 35.2 Å². The molecule has 3 rings (SSSR count). The summed E-state index contributed by atoms with van der Waals surface area (Å²) < 4.78 is 1.33. The lowest BCUT2D eigenvalue weighted by Gasteiger charge is -2.14. The molecular weight excluding hydrogens is 434 g/mol. The van der Waals surface area contributed by atoms with Crippen LogP contribution >= 0.6 is 0 Å². The molecule has 0 aliphatic rings. The molecule has 1 aromatic carbocycles. The van der Waals surface area contributed by atoms with Crippen LogP contribution in [0.2, 0.25) is 0 Å². The van der Waals surface area contributed by atoms with Gasteiger partial charge in [-0.1, -0.05) is 23.4 Å². The molecule has 5 N–H and O–H groups in total. The summed E-state index contributed by atoms with van der Waals surface area (Å²) in [5.41, 5.74) is 1.12. The van der Waals surface area contributed by atoms with Gasteiger partial charge in [0.1, 0.15) is 31.2 Å². The predicted octanol–water partition coefficient (Wildman–Crippen LogP) is 0.0675. The fraction of sp³-hybridized carbons (Fsp3) is 0.200. The summed E-state index contributed by atoms with van der Waals surface area (Å²) >= 11 is 0. The predicted molar refractivity (Wildman–Crippen MR) is 115 cm³/mol. The molecule has 33 heavy (non-hydrogen) atoms. The van der Waals surface area contributed by atoms with E-state index >= 15 is 0 Å². The van der Waals surface area contributed by atoms with Gasteiger partial charge in [0.05, 0.1) is 31.0 Å². The van der Waals surface area contributed by atoms with Crippen molar-refractivity contribution in [2.45, 2.75) is 12.6 Å². The third-order valence-corrected chi connectivity index (χ3v) is 4.35. The van der Waals surface area contributed by atoms with Gasteiger partial charge in [-0.15, -0.1) is 0 Å². The number of anilines is 1. The summed E-state index contributed by atoms with van der Waals surface area (Å²) in [6.45, 7) is -1.15. The molecule has 2 aromatic heterocycles. The number of aliphatic hydroxyl groups is 1. The molecular formula is C20H21N7O6. The number of aliphatic hydroxyl groups excluding tert-OH is 1. The second-order valence-electron chi connectivity index (χ2n) is 6.63. The molecule has 0 saturated carbocycles. The molecule has 13 heteroatoms. The number of aromatic nitrogens is 4. The van der Waals surface area contributed by atoms with Gasteiger partial charge in [0.2, 0.25) is 5.91 Å². The standard InChI is InChI=1S/C20H21N7O6/c1-33-23-8-13-7-21-17(24-13)16-18(26-19(30)12-5-3-2-4-6-12)27(11-22-16)9-15(29)25-14(10-28)20(31)32/h2-8,11,14,28H,9-10H2,1H3,(H,21,24)(H,25,29)(H,26,30)(H,31,32)/b23-8-/t14-/m0/s1. The maximum absolute atomic E-state index is 12.8. The topological polar surface area (TPSA) is 184 Å². The van der Waals surface area contributed by atoms with E-state index in [1.165, 1.54) is 30.4 Å². The van der Waals surface area contributed by atoms with E-state index in [1.54, 1.807) is 30.3 Å². The second-order valence-corrected chi connectivity index (χ2v) is 6.63. The Hall–Kier alpha value is -4.52. The summed E-state index contributed by atoms with van der Waals surface area (Å²) in [7, 11) is 1.39. The van der Waals surface area contributed by atoms with Crippen LogP contribution in [-0.4, -0.2) is 73.5 Å². The van der Waals surface area contributed by atoms with Crippen LogP contribution in [0.4, 0.5) is 5.82 Å². The molecule has 0 radical (unpaired) electrons. The summed E-state index contributed by atoms with van der Waals surface area (Å²) in [6.07, 6.45) is 4.17. The molecule has 0 aliphatic heterocycles. The molecule has 2 amide bonds. The van der Waals surface area contributed by atoms with E-state index in [-0.39, 0.29) is 23.9 Å². The Morgan fingerprint density at radius 3 is 2.70 bits per heavy atom. The van der Waals surface area contributed by atoms with E-state index in [1.807, 2.05) is 0 Å². The van der Waals surface area contributed by atoms with Crippen LogP contribution in [0.3, 0.4) is 0 Å². The number of benzene rings is 1. The molecule has 0 saturated heterocycles. The average Bonchev–Trinajstić information content (AvgIpc) is 3.43. The molecule has 0 unspecified atom stereocenters. The van der Waals surface area contributed by atoms with Crippen LogP contribution in [-0.2, 0) is 21.0 Å². The zero-order valence-corrected chi connectivity index (χ0v) is 17.4. The van der Waals surface area contributed by atoms with E-state index in [0.29, 0.717) is 11.3 Å². The zero-order valence-electron chi connectivity index (χ0n) is 17.4. The highest BCUT2D eigenvalue weighted by atomic mass is 16.6. The molecule has 0 aliphatic carbocycles. The van der Waals surface area contributed by atoms with Crippen molar-refractivity contribution in [3.63, 3.8) is 0 Å². The van der Waals surface area contributed by atoms with Gasteiger partial charge in [-0.3, -0.25) is 9.59 Å². The first kappa shape index (κ1) is 23.1.